The highest BCUT2D eigenvalue weighted by atomic mass is 32.2. The Balaban J connectivity index is 1.69. The van der Waals surface area contributed by atoms with Crippen LogP contribution in [0, 0.1) is 0 Å². The lowest BCUT2D eigenvalue weighted by Crippen LogP contribution is -2.59. The van der Waals surface area contributed by atoms with Gasteiger partial charge in [-0.05, 0) is 58.7 Å². The molecule has 3 aromatic rings. The Morgan fingerprint density at radius 2 is 1.97 bits per heavy atom. The number of alkyl halides is 2. The molecule has 2 fully saturated rings. The van der Waals surface area contributed by atoms with E-state index in [0.717, 1.165) is 35.4 Å². The Morgan fingerprint density at radius 1 is 1.24 bits per heavy atom. The molecule has 2 N–H and O–H groups in total. The minimum atomic E-state index is -3.80. The molecule has 34 heavy (non-hydrogen) atoms. The van der Waals surface area contributed by atoms with Crippen LogP contribution in [0.3, 0.4) is 0 Å². The zero-order valence-electron chi connectivity index (χ0n) is 19.4. The summed E-state index contributed by atoms with van der Waals surface area (Å²) in [6, 6.07) is 5.89. The minimum absolute atomic E-state index is 0.108. The lowest BCUT2D eigenvalue weighted by molar-refractivity contribution is 0.150. The summed E-state index contributed by atoms with van der Waals surface area (Å²) >= 11 is 0.808. The lowest BCUT2D eigenvalue weighted by atomic mass is 10.0. The van der Waals surface area contributed by atoms with Gasteiger partial charge in [0.25, 0.3) is 6.43 Å². The van der Waals surface area contributed by atoms with Gasteiger partial charge in [-0.2, -0.15) is 0 Å². The molecular weight excluding hydrogens is 482 g/mol. The predicted octanol–water partition coefficient (Wildman–Crippen LogP) is 3.80. The van der Waals surface area contributed by atoms with E-state index in [1.54, 1.807) is 22.7 Å². The quantitative estimate of drug-likeness (QED) is 0.524. The van der Waals surface area contributed by atoms with Crippen molar-refractivity contribution in [3.05, 3.63) is 29.4 Å². The Bertz CT molecular complexity index is 1330. The number of sulfonamides is 1. The van der Waals surface area contributed by atoms with Gasteiger partial charge in [-0.15, -0.1) is 10.2 Å². The molecule has 5 rings (SSSR count). The number of anilines is 1. The Labute approximate surface area is 201 Å². The lowest BCUT2D eigenvalue weighted by Gasteiger charge is -2.43. The van der Waals surface area contributed by atoms with Crippen LogP contribution < -0.4 is 14.9 Å². The van der Waals surface area contributed by atoms with Crippen molar-refractivity contribution >= 4 is 32.6 Å². The fraction of sp³-hybridized carbons (Fsp3) is 0.545. The number of nitrogens with one attached hydrogen (secondary N) is 2. The van der Waals surface area contributed by atoms with E-state index in [4.69, 9.17) is 0 Å². The summed E-state index contributed by atoms with van der Waals surface area (Å²) in [5, 5.41) is 11.0. The molecule has 0 bridgehead atoms. The number of hydrogen-bond acceptors (Lipinski definition) is 7. The second-order valence-electron chi connectivity index (χ2n) is 9.70. The van der Waals surface area contributed by atoms with Crippen molar-refractivity contribution in [1.29, 1.82) is 0 Å². The van der Waals surface area contributed by atoms with Crippen LogP contribution in [0.15, 0.2) is 29.3 Å². The molecule has 0 unspecified atom stereocenters. The summed E-state index contributed by atoms with van der Waals surface area (Å²) in [6.07, 6.45) is 0.422. The van der Waals surface area contributed by atoms with E-state index in [0.29, 0.717) is 17.2 Å². The highest BCUT2D eigenvalue weighted by Gasteiger charge is 2.41. The van der Waals surface area contributed by atoms with E-state index in [1.807, 2.05) is 13.0 Å². The van der Waals surface area contributed by atoms with E-state index in [1.165, 1.54) is 0 Å². The molecule has 184 valence electrons. The molecular formula is C22H28F2N6O2S2. The van der Waals surface area contributed by atoms with E-state index in [-0.39, 0.29) is 28.0 Å². The van der Waals surface area contributed by atoms with Gasteiger partial charge in [0.05, 0.1) is 16.9 Å². The van der Waals surface area contributed by atoms with Crippen molar-refractivity contribution in [3.63, 3.8) is 0 Å². The molecule has 4 heterocycles. The second kappa shape index (κ2) is 8.21. The first-order valence-corrected chi connectivity index (χ1v) is 13.6. The molecule has 0 spiro atoms. The molecule has 0 amide bonds. The van der Waals surface area contributed by atoms with E-state index in [9.17, 15) is 17.2 Å². The highest BCUT2D eigenvalue weighted by Crippen LogP contribution is 2.38. The molecule has 1 aliphatic carbocycles. The number of nitrogens with zero attached hydrogens (tertiary/aromatic N) is 4. The van der Waals surface area contributed by atoms with Gasteiger partial charge in [-0.25, -0.2) is 21.9 Å². The van der Waals surface area contributed by atoms with Gasteiger partial charge in [-0.1, -0.05) is 11.3 Å². The van der Waals surface area contributed by atoms with Gasteiger partial charge < -0.3 is 14.6 Å². The number of hydrogen-bond donors (Lipinski definition) is 2. The van der Waals surface area contributed by atoms with Crippen LogP contribution >= 0.6 is 11.3 Å². The molecule has 3 atom stereocenters. The largest absolute Gasteiger partial charge is 0.364 e. The van der Waals surface area contributed by atoms with Crippen molar-refractivity contribution < 1.29 is 17.2 Å². The van der Waals surface area contributed by atoms with E-state index in [2.05, 4.69) is 45.9 Å². The third-order valence-electron chi connectivity index (χ3n) is 6.80. The molecule has 0 aromatic carbocycles. The molecule has 12 heteroatoms. The van der Waals surface area contributed by atoms with Crippen LogP contribution in [0.5, 0.6) is 0 Å². The Kier molecular flexibility index (Phi) is 5.70. The van der Waals surface area contributed by atoms with Gasteiger partial charge in [0.2, 0.25) is 10.0 Å². The summed E-state index contributed by atoms with van der Waals surface area (Å²) in [7, 11) is -3.80. The number of halogens is 2. The topological polar surface area (TPSA) is 91.6 Å². The van der Waals surface area contributed by atoms with Crippen LogP contribution in [0.2, 0.25) is 0 Å². The SMILES string of the molecule is C[C@H]1CN(c2cc(S(=O)(=O)NC3(C)CC3)cn3c(-c4nnc(C(F)F)s4)ccc23)[C@@H](C)[C@@H](C)N1. The number of fused-ring (bicyclic) bond motifs is 1. The summed E-state index contributed by atoms with van der Waals surface area (Å²) < 4.78 is 57.6. The fourth-order valence-electron chi connectivity index (χ4n) is 4.51. The highest BCUT2D eigenvalue weighted by molar-refractivity contribution is 7.89. The van der Waals surface area contributed by atoms with E-state index >= 15 is 0 Å². The third-order valence-corrected chi connectivity index (χ3v) is 9.35. The van der Waals surface area contributed by atoms with Crippen LogP contribution in [-0.4, -0.2) is 53.2 Å². The average Bonchev–Trinajstić information content (AvgIpc) is 3.17. The van der Waals surface area contributed by atoms with Crippen molar-refractivity contribution in [3.8, 4) is 10.7 Å². The molecule has 8 nitrogen and oxygen atoms in total. The zero-order chi connectivity index (χ0) is 24.4. The Morgan fingerprint density at radius 3 is 2.62 bits per heavy atom. The van der Waals surface area contributed by atoms with Crippen molar-refractivity contribution in [2.75, 3.05) is 11.4 Å². The first-order valence-electron chi connectivity index (χ1n) is 11.3. The molecule has 0 radical (unpaired) electrons. The smallest absolute Gasteiger partial charge is 0.291 e. The molecule has 2 aliphatic rings. The van der Waals surface area contributed by atoms with Crippen molar-refractivity contribution in [2.24, 2.45) is 0 Å². The number of piperazine rings is 1. The fourth-order valence-corrected chi connectivity index (χ4v) is 6.71. The van der Waals surface area contributed by atoms with Crippen molar-refractivity contribution in [2.45, 2.75) is 75.5 Å². The molecule has 1 saturated carbocycles. The maximum Gasteiger partial charge on any atom is 0.291 e. The summed E-state index contributed by atoms with van der Waals surface area (Å²) in [5.74, 6) is 0. The van der Waals surface area contributed by atoms with Gasteiger partial charge in [0.1, 0.15) is 4.90 Å². The summed E-state index contributed by atoms with van der Waals surface area (Å²) in [6.45, 7) is 8.90. The van der Waals surface area contributed by atoms with Crippen molar-refractivity contribution in [1.82, 2.24) is 24.6 Å². The van der Waals surface area contributed by atoms with Crippen LogP contribution in [0.1, 0.15) is 52.0 Å². The van der Waals surface area contributed by atoms with Gasteiger partial charge >= 0.3 is 0 Å². The molecule has 3 aromatic heterocycles. The molecule has 1 aliphatic heterocycles. The number of aromatic nitrogens is 3. The minimum Gasteiger partial charge on any atom is -0.364 e. The predicted molar refractivity (Wildman–Crippen MR) is 128 cm³/mol. The second-order valence-corrected chi connectivity index (χ2v) is 12.4. The number of pyridine rings is 1. The van der Waals surface area contributed by atoms with Crippen LogP contribution in [0.4, 0.5) is 14.5 Å². The van der Waals surface area contributed by atoms with E-state index < -0.39 is 22.0 Å². The average molecular weight is 511 g/mol. The first-order chi connectivity index (χ1) is 16.0. The monoisotopic (exact) mass is 510 g/mol. The maximum absolute atomic E-state index is 13.4. The number of rotatable bonds is 6. The van der Waals surface area contributed by atoms with Crippen LogP contribution in [-0.2, 0) is 10.0 Å². The van der Waals surface area contributed by atoms with Crippen LogP contribution in [0.25, 0.3) is 16.2 Å². The molecule has 1 saturated heterocycles. The third kappa shape index (κ3) is 4.21. The Hall–Kier alpha value is -2.15. The normalized spacial score (nSPS) is 24.8. The van der Waals surface area contributed by atoms with Gasteiger partial charge in [0.15, 0.2) is 10.0 Å². The zero-order valence-corrected chi connectivity index (χ0v) is 21.1. The standard InChI is InChI=1S/C22H28F2N6O2S2/c1-12-10-29(14(3)13(2)25-12)18-9-15(34(31,32)28-22(4)7-8-22)11-30-16(18)5-6-17(30)20-26-27-21(33-20)19(23)24/h5-6,9,11-14,19,25,28H,7-8,10H2,1-4H3/t12-,13+,14-/m0/s1. The maximum atomic E-state index is 13.4. The summed E-state index contributed by atoms with van der Waals surface area (Å²) in [4.78, 5) is 2.35. The van der Waals surface area contributed by atoms with Gasteiger partial charge in [-0.3, -0.25) is 0 Å². The first kappa shape index (κ1) is 23.6. The van der Waals surface area contributed by atoms with Gasteiger partial charge in [0, 0.05) is 36.4 Å². The summed E-state index contributed by atoms with van der Waals surface area (Å²) in [5.41, 5.74) is 1.67.